The van der Waals surface area contributed by atoms with Gasteiger partial charge in [0, 0.05) is 0 Å². The van der Waals surface area contributed by atoms with Gasteiger partial charge in [-0.1, -0.05) is 0 Å². The van der Waals surface area contributed by atoms with Gasteiger partial charge in [-0.3, -0.25) is 4.72 Å². The number of nitrogens with zero attached hydrogens (tertiary/aromatic N) is 2. The van der Waals surface area contributed by atoms with Crippen molar-refractivity contribution in [3.05, 3.63) is 0 Å². The molecule has 0 aliphatic carbocycles. The highest BCUT2D eigenvalue weighted by atomic mass is 32.2. The third kappa shape index (κ3) is 2.24. The Labute approximate surface area is 62.9 Å². The van der Waals surface area contributed by atoms with Crippen molar-refractivity contribution in [2.75, 3.05) is 13.2 Å². The molecule has 0 aromatic heterocycles. The standard InChI is InChI=1S/C4H8N4OS/c9-2-1-5-4-6-3-7-10-8-4/h3,9H,1-2H2,(H2,5,6,7,8). The van der Waals surface area contributed by atoms with Crippen LogP contribution in [0, 0.1) is 0 Å². The number of guanidine groups is 1. The molecule has 0 saturated carbocycles. The van der Waals surface area contributed by atoms with Crippen LogP contribution in [0.2, 0.25) is 0 Å². The van der Waals surface area contributed by atoms with Crippen molar-refractivity contribution >= 4 is 24.4 Å². The lowest BCUT2D eigenvalue weighted by atomic mass is 10.7. The first-order valence-electron chi connectivity index (χ1n) is 2.78. The molecule has 0 unspecified atom stereocenters. The van der Waals surface area contributed by atoms with Crippen LogP contribution in [0.1, 0.15) is 0 Å². The summed E-state index contributed by atoms with van der Waals surface area (Å²) < 4.78 is 5.56. The Kier molecular flexibility index (Phi) is 3.04. The van der Waals surface area contributed by atoms with Gasteiger partial charge in [0.05, 0.1) is 25.3 Å². The normalized spacial score (nSPS) is 20.3. The molecule has 56 valence electrons. The maximum Gasteiger partial charge on any atom is 0.231 e. The molecule has 0 amide bonds. The van der Waals surface area contributed by atoms with Gasteiger partial charge in [0.1, 0.15) is 6.34 Å². The van der Waals surface area contributed by atoms with E-state index in [-0.39, 0.29) is 6.61 Å². The number of aliphatic hydroxyl groups is 1. The van der Waals surface area contributed by atoms with Crippen molar-refractivity contribution < 1.29 is 5.11 Å². The molecule has 0 saturated heterocycles. The Morgan fingerprint density at radius 1 is 1.80 bits per heavy atom. The highest BCUT2D eigenvalue weighted by Gasteiger charge is 1.97. The lowest BCUT2D eigenvalue weighted by Gasteiger charge is -2.07. The zero-order valence-electron chi connectivity index (χ0n) is 5.24. The molecular formula is C4H8N4OS. The lowest BCUT2D eigenvalue weighted by molar-refractivity contribution is 0.307. The van der Waals surface area contributed by atoms with Crippen molar-refractivity contribution in [3.63, 3.8) is 0 Å². The molecule has 0 radical (unpaired) electrons. The van der Waals surface area contributed by atoms with Gasteiger partial charge in [0.15, 0.2) is 0 Å². The van der Waals surface area contributed by atoms with Crippen LogP contribution in [0.25, 0.3) is 0 Å². The van der Waals surface area contributed by atoms with E-state index in [2.05, 4.69) is 19.4 Å². The number of hydrogen-bond donors (Lipinski definition) is 3. The summed E-state index contributed by atoms with van der Waals surface area (Å²) in [6, 6.07) is 0. The maximum atomic E-state index is 8.39. The largest absolute Gasteiger partial charge is 0.394 e. The van der Waals surface area contributed by atoms with Crippen LogP contribution in [0.5, 0.6) is 0 Å². The van der Waals surface area contributed by atoms with Gasteiger partial charge < -0.3 is 9.83 Å². The summed E-state index contributed by atoms with van der Waals surface area (Å²) >= 11 is 1.29. The summed E-state index contributed by atoms with van der Waals surface area (Å²) in [5.74, 6) is 0.540. The van der Waals surface area contributed by atoms with Gasteiger partial charge in [-0.2, -0.15) is 0 Å². The molecule has 0 atom stereocenters. The molecule has 5 nitrogen and oxygen atoms in total. The van der Waals surface area contributed by atoms with E-state index in [1.165, 1.54) is 18.5 Å². The molecule has 0 aromatic carbocycles. The summed E-state index contributed by atoms with van der Waals surface area (Å²) in [4.78, 5) is 7.74. The lowest BCUT2D eigenvalue weighted by Crippen LogP contribution is -2.25. The Balaban J connectivity index is 2.38. The molecular weight excluding hydrogens is 152 g/mol. The van der Waals surface area contributed by atoms with Crippen molar-refractivity contribution in [1.29, 1.82) is 0 Å². The molecule has 10 heavy (non-hydrogen) atoms. The number of aliphatic hydroxyl groups excluding tert-OH is 1. The highest BCUT2D eigenvalue weighted by Crippen LogP contribution is 1.90. The topological polar surface area (TPSA) is 69.0 Å². The molecule has 0 bridgehead atoms. The van der Waals surface area contributed by atoms with E-state index in [0.717, 1.165) is 0 Å². The molecule has 1 aliphatic heterocycles. The van der Waals surface area contributed by atoms with Gasteiger partial charge in [0.25, 0.3) is 0 Å². The van der Waals surface area contributed by atoms with Gasteiger partial charge in [-0.15, -0.1) is 0 Å². The summed E-state index contributed by atoms with van der Waals surface area (Å²) in [5, 5.41) is 8.39. The second-order valence-electron chi connectivity index (χ2n) is 1.51. The fourth-order valence-corrected chi connectivity index (χ4v) is 0.817. The monoisotopic (exact) mass is 160 g/mol. The molecule has 0 aromatic rings. The average Bonchev–Trinajstić information content (AvgIpc) is 2.03. The average molecular weight is 160 g/mol. The summed E-state index contributed by atoms with van der Waals surface area (Å²) in [7, 11) is 0. The van der Waals surface area contributed by atoms with Gasteiger partial charge in [0.2, 0.25) is 5.96 Å². The fraction of sp³-hybridized carbons (Fsp3) is 0.500. The minimum Gasteiger partial charge on any atom is -0.394 e. The van der Waals surface area contributed by atoms with Crippen LogP contribution in [-0.4, -0.2) is 30.6 Å². The van der Waals surface area contributed by atoms with Crippen LogP contribution < -0.4 is 9.44 Å². The third-order valence-electron chi connectivity index (χ3n) is 0.802. The highest BCUT2D eigenvalue weighted by molar-refractivity contribution is 7.96. The van der Waals surface area contributed by atoms with Crippen LogP contribution in [0.3, 0.4) is 0 Å². The fourth-order valence-electron chi connectivity index (χ4n) is 0.444. The summed E-state index contributed by atoms with van der Waals surface area (Å²) in [6.45, 7) is 0.443. The Morgan fingerprint density at radius 2 is 2.70 bits per heavy atom. The minimum absolute atomic E-state index is 0.0544. The minimum atomic E-state index is 0.0544. The SMILES string of the molecule is OCCN=C1N=CNSN1. The van der Waals surface area contributed by atoms with E-state index < -0.39 is 0 Å². The molecule has 1 rings (SSSR count). The first-order chi connectivity index (χ1) is 4.93. The predicted molar refractivity (Wildman–Crippen MR) is 41.7 cm³/mol. The zero-order valence-corrected chi connectivity index (χ0v) is 6.06. The van der Waals surface area contributed by atoms with E-state index in [1.807, 2.05) is 0 Å². The van der Waals surface area contributed by atoms with Crippen LogP contribution >= 0.6 is 12.1 Å². The number of rotatable bonds is 2. The molecule has 0 fully saturated rings. The Morgan fingerprint density at radius 3 is 3.30 bits per heavy atom. The van der Waals surface area contributed by atoms with Crippen molar-refractivity contribution in [2.45, 2.75) is 0 Å². The molecule has 3 N–H and O–H groups in total. The van der Waals surface area contributed by atoms with Crippen molar-refractivity contribution in [3.8, 4) is 0 Å². The van der Waals surface area contributed by atoms with E-state index >= 15 is 0 Å². The van der Waals surface area contributed by atoms with Crippen LogP contribution in [0.15, 0.2) is 9.98 Å². The number of hydrogen-bond acceptors (Lipinski definition) is 4. The first kappa shape index (κ1) is 7.36. The molecule has 6 heteroatoms. The second-order valence-corrected chi connectivity index (χ2v) is 2.15. The molecule has 1 heterocycles. The first-order valence-corrected chi connectivity index (χ1v) is 3.60. The second kappa shape index (κ2) is 4.13. The number of aliphatic imine (C=N–C) groups is 2. The zero-order chi connectivity index (χ0) is 7.23. The van der Waals surface area contributed by atoms with Crippen LogP contribution in [0.4, 0.5) is 0 Å². The van der Waals surface area contributed by atoms with E-state index in [4.69, 9.17) is 5.11 Å². The smallest absolute Gasteiger partial charge is 0.231 e. The van der Waals surface area contributed by atoms with Crippen LogP contribution in [-0.2, 0) is 0 Å². The van der Waals surface area contributed by atoms with Gasteiger partial charge in [-0.05, 0) is 0 Å². The predicted octanol–water partition coefficient (Wildman–Crippen LogP) is -0.881. The van der Waals surface area contributed by atoms with Gasteiger partial charge in [-0.25, -0.2) is 9.98 Å². The summed E-state index contributed by atoms with van der Waals surface area (Å²) in [5.41, 5.74) is 0. The molecule has 1 aliphatic rings. The van der Waals surface area contributed by atoms with Gasteiger partial charge >= 0.3 is 0 Å². The Bertz CT molecular complexity index is 157. The number of nitrogens with one attached hydrogen (secondary N) is 2. The van der Waals surface area contributed by atoms with E-state index in [0.29, 0.717) is 12.5 Å². The van der Waals surface area contributed by atoms with Crippen molar-refractivity contribution in [1.82, 2.24) is 9.44 Å². The third-order valence-corrected chi connectivity index (χ3v) is 1.31. The quantitative estimate of drug-likeness (QED) is 0.459. The van der Waals surface area contributed by atoms with E-state index in [1.54, 1.807) is 0 Å². The summed E-state index contributed by atoms with van der Waals surface area (Å²) in [6.07, 6.45) is 1.54. The van der Waals surface area contributed by atoms with Crippen molar-refractivity contribution in [2.24, 2.45) is 9.98 Å². The molecule has 0 spiro atoms. The maximum absolute atomic E-state index is 8.39. The van der Waals surface area contributed by atoms with E-state index in [9.17, 15) is 0 Å². The Hall–Kier alpha value is -0.750.